The lowest BCUT2D eigenvalue weighted by Gasteiger charge is -2.15. The van der Waals surface area contributed by atoms with E-state index in [1.165, 1.54) is 10.9 Å². The molecule has 0 saturated carbocycles. The van der Waals surface area contributed by atoms with Crippen LogP contribution in [-0.4, -0.2) is 37.3 Å². The molecule has 0 bridgehead atoms. The van der Waals surface area contributed by atoms with Crippen molar-refractivity contribution in [3.63, 3.8) is 0 Å². The van der Waals surface area contributed by atoms with Crippen LogP contribution in [-0.2, 0) is 17.8 Å². The number of aliphatic imine (C=N–C) groups is 1. The summed E-state index contributed by atoms with van der Waals surface area (Å²) in [6.07, 6.45) is 2.92. The third-order valence-corrected chi connectivity index (χ3v) is 5.65. The number of pyridine rings is 1. The first-order valence-corrected chi connectivity index (χ1v) is 11.4. The number of nitrogens with one attached hydrogen (secondary N) is 2. The van der Waals surface area contributed by atoms with E-state index >= 15 is 0 Å². The average molecular weight is 560 g/mol. The zero-order valence-corrected chi connectivity index (χ0v) is 21.7. The average Bonchev–Trinajstić information content (AvgIpc) is 3.34. The number of halogens is 1. The van der Waals surface area contributed by atoms with Crippen molar-refractivity contribution in [2.45, 2.75) is 33.4 Å². The van der Waals surface area contributed by atoms with Crippen LogP contribution in [0.2, 0.25) is 0 Å². The first-order valence-electron chi connectivity index (χ1n) is 11.4. The highest BCUT2D eigenvalue weighted by molar-refractivity contribution is 14.0. The van der Waals surface area contributed by atoms with Crippen molar-refractivity contribution in [3.05, 3.63) is 71.5 Å². The van der Waals surface area contributed by atoms with Crippen molar-refractivity contribution in [1.29, 1.82) is 0 Å². The van der Waals surface area contributed by atoms with E-state index in [0.717, 1.165) is 54.5 Å². The zero-order valence-electron chi connectivity index (χ0n) is 19.3. The Morgan fingerprint density at radius 1 is 1.18 bits per heavy atom. The van der Waals surface area contributed by atoms with Gasteiger partial charge in [-0.25, -0.2) is 4.99 Å². The molecule has 2 heterocycles. The van der Waals surface area contributed by atoms with Gasteiger partial charge in [-0.1, -0.05) is 36.4 Å². The molecule has 176 valence electrons. The third-order valence-electron chi connectivity index (χ3n) is 5.65. The Labute approximate surface area is 213 Å². The van der Waals surface area contributed by atoms with Gasteiger partial charge in [-0.15, -0.1) is 24.0 Å². The lowest BCUT2D eigenvalue weighted by Crippen LogP contribution is -2.37. The maximum absolute atomic E-state index is 6.17. The number of fused-ring (bicyclic) bond motifs is 1. The molecule has 2 N–H and O–H groups in total. The van der Waals surface area contributed by atoms with E-state index in [1.54, 1.807) is 0 Å². The monoisotopic (exact) mass is 560 g/mol. The molecule has 1 unspecified atom stereocenters. The number of hydrogen-bond acceptors (Lipinski definition) is 4. The number of nitrogens with zero attached hydrogens (tertiary/aromatic N) is 2. The summed E-state index contributed by atoms with van der Waals surface area (Å²) in [6.45, 7) is 8.39. The summed E-state index contributed by atoms with van der Waals surface area (Å²) in [5.74, 6) is 2.14. The minimum absolute atomic E-state index is 0. The van der Waals surface area contributed by atoms with Gasteiger partial charge in [0.05, 0.1) is 32.0 Å². The molecule has 1 saturated heterocycles. The fourth-order valence-electron chi connectivity index (χ4n) is 3.85. The Hall–Kier alpha value is -2.39. The number of aryl methyl sites for hydroxylation is 1. The highest BCUT2D eigenvalue weighted by atomic mass is 127. The Morgan fingerprint density at radius 2 is 2.06 bits per heavy atom. The van der Waals surface area contributed by atoms with Crippen LogP contribution in [0.5, 0.6) is 5.75 Å². The van der Waals surface area contributed by atoms with E-state index in [0.29, 0.717) is 25.6 Å². The molecular formula is C26H33IN4O2. The van der Waals surface area contributed by atoms with Crippen LogP contribution in [0, 0.1) is 12.8 Å². The molecule has 6 nitrogen and oxygen atoms in total. The summed E-state index contributed by atoms with van der Waals surface area (Å²) in [7, 11) is 0. The minimum atomic E-state index is 0. The van der Waals surface area contributed by atoms with E-state index in [-0.39, 0.29) is 24.0 Å². The molecule has 3 aromatic rings. The van der Waals surface area contributed by atoms with Crippen molar-refractivity contribution in [1.82, 2.24) is 15.6 Å². The molecule has 0 radical (unpaired) electrons. The first kappa shape index (κ1) is 25.2. The van der Waals surface area contributed by atoms with Crippen LogP contribution in [0.3, 0.4) is 0 Å². The SMILES string of the molecule is CCNC(=NCc1ccc(C)cc1OCC1CCOC1)NCc1nccc2ccccc12.I. The van der Waals surface area contributed by atoms with Crippen molar-refractivity contribution in [2.24, 2.45) is 10.9 Å². The van der Waals surface area contributed by atoms with Gasteiger partial charge in [-0.3, -0.25) is 4.98 Å². The second-order valence-corrected chi connectivity index (χ2v) is 8.18. The highest BCUT2D eigenvalue weighted by Gasteiger charge is 2.17. The molecular weight excluding hydrogens is 527 g/mol. The normalized spacial score (nSPS) is 15.8. The number of guanidine groups is 1. The van der Waals surface area contributed by atoms with E-state index < -0.39 is 0 Å². The van der Waals surface area contributed by atoms with Gasteiger partial charge in [-0.2, -0.15) is 0 Å². The van der Waals surface area contributed by atoms with Gasteiger partial charge >= 0.3 is 0 Å². The fourth-order valence-corrected chi connectivity index (χ4v) is 3.85. The van der Waals surface area contributed by atoms with E-state index in [1.807, 2.05) is 24.4 Å². The van der Waals surface area contributed by atoms with Gasteiger partial charge in [0.15, 0.2) is 5.96 Å². The van der Waals surface area contributed by atoms with Gasteiger partial charge in [0, 0.05) is 36.2 Å². The predicted molar refractivity (Wildman–Crippen MR) is 144 cm³/mol. The van der Waals surface area contributed by atoms with Crippen molar-refractivity contribution >= 4 is 40.7 Å². The standard InChI is InChI=1S/C26H32N4O2.HI/c1-3-27-26(30-16-24-23-7-5-4-6-21(23)10-12-28-24)29-15-22-9-8-19(2)14-25(22)32-18-20-11-13-31-17-20;/h4-10,12,14,20H,3,11,13,15-18H2,1-2H3,(H2,27,29,30);1H. The molecule has 7 heteroatoms. The Kier molecular flexibility index (Phi) is 9.75. The molecule has 0 spiro atoms. The van der Waals surface area contributed by atoms with Crippen LogP contribution in [0.15, 0.2) is 59.7 Å². The first-order chi connectivity index (χ1) is 15.7. The smallest absolute Gasteiger partial charge is 0.191 e. The Balaban J connectivity index is 0.00000306. The number of benzene rings is 2. The Morgan fingerprint density at radius 3 is 2.88 bits per heavy atom. The van der Waals surface area contributed by atoms with Crippen LogP contribution >= 0.6 is 24.0 Å². The summed E-state index contributed by atoms with van der Waals surface area (Å²) < 4.78 is 11.6. The van der Waals surface area contributed by atoms with Gasteiger partial charge in [0.2, 0.25) is 0 Å². The summed E-state index contributed by atoms with van der Waals surface area (Å²) in [6, 6.07) is 16.7. The van der Waals surface area contributed by atoms with E-state index in [4.69, 9.17) is 14.5 Å². The lowest BCUT2D eigenvalue weighted by molar-refractivity contribution is 0.166. The second-order valence-electron chi connectivity index (χ2n) is 8.18. The molecule has 0 aliphatic carbocycles. The van der Waals surface area contributed by atoms with Gasteiger partial charge in [0.25, 0.3) is 0 Å². The summed E-state index contributed by atoms with van der Waals surface area (Å²) in [4.78, 5) is 9.38. The minimum Gasteiger partial charge on any atom is -0.493 e. The summed E-state index contributed by atoms with van der Waals surface area (Å²) in [5.41, 5.74) is 3.27. The maximum Gasteiger partial charge on any atom is 0.191 e. The lowest BCUT2D eigenvalue weighted by atomic mass is 10.1. The van der Waals surface area contributed by atoms with Crippen LogP contribution in [0.4, 0.5) is 0 Å². The molecule has 4 rings (SSSR count). The van der Waals surface area contributed by atoms with Gasteiger partial charge in [-0.05, 0) is 43.4 Å². The molecule has 0 amide bonds. The topological polar surface area (TPSA) is 67.8 Å². The van der Waals surface area contributed by atoms with E-state index in [9.17, 15) is 0 Å². The van der Waals surface area contributed by atoms with Crippen molar-refractivity contribution in [3.8, 4) is 5.75 Å². The van der Waals surface area contributed by atoms with Crippen LogP contribution in [0.25, 0.3) is 10.8 Å². The number of hydrogen-bond donors (Lipinski definition) is 2. The molecule has 2 aromatic carbocycles. The molecule has 33 heavy (non-hydrogen) atoms. The van der Waals surface area contributed by atoms with Crippen LogP contribution < -0.4 is 15.4 Å². The largest absolute Gasteiger partial charge is 0.493 e. The molecule has 1 aromatic heterocycles. The van der Waals surface area contributed by atoms with E-state index in [2.05, 4.69) is 59.8 Å². The maximum atomic E-state index is 6.17. The zero-order chi connectivity index (χ0) is 22.2. The molecule has 1 fully saturated rings. The molecule has 1 aliphatic heterocycles. The number of rotatable bonds is 8. The summed E-state index contributed by atoms with van der Waals surface area (Å²) >= 11 is 0. The molecule has 1 aliphatic rings. The van der Waals surface area contributed by atoms with Crippen molar-refractivity contribution in [2.75, 3.05) is 26.4 Å². The second kappa shape index (κ2) is 12.7. The highest BCUT2D eigenvalue weighted by Crippen LogP contribution is 2.23. The number of ether oxygens (including phenoxy) is 2. The van der Waals surface area contributed by atoms with Gasteiger partial charge in [0.1, 0.15) is 5.75 Å². The fraction of sp³-hybridized carbons (Fsp3) is 0.385. The van der Waals surface area contributed by atoms with Crippen molar-refractivity contribution < 1.29 is 9.47 Å². The predicted octanol–water partition coefficient (Wildman–Crippen LogP) is 4.83. The quantitative estimate of drug-likeness (QED) is 0.235. The summed E-state index contributed by atoms with van der Waals surface area (Å²) in [5, 5.41) is 9.10. The third kappa shape index (κ3) is 7.04. The Bertz CT molecular complexity index is 1060. The van der Waals surface area contributed by atoms with Gasteiger partial charge < -0.3 is 20.1 Å². The van der Waals surface area contributed by atoms with Crippen LogP contribution in [0.1, 0.15) is 30.2 Å². The molecule has 1 atom stereocenters. The number of aromatic nitrogens is 1.